The maximum Gasteiger partial charge on any atom is 0.133 e. The van der Waals surface area contributed by atoms with E-state index in [4.69, 9.17) is 0 Å². The summed E-state index contributed by atoms with van der Waals surface area (Å²) in [7, 11) is 0. The molecule has 0 amide bonds. The van der Waals surface area contributed by atoms with Crippen LogP contribution in [0.15, 0.2) is 0 Å². The first-order valence-corrected chi connectivity index (χ1v) is 8.17. The lowest BCUT2D eigenvalue weighted by molar-refractivity contribution is -0.120. The SMILES string of the molecule is CCC.CCCCCC(CCC)CC(=O)CCC. The Kier molecular flexibility index (Phi) is 18.5. The van der Waals surface area contributed by atoms with Crippen molar-refractivity contribution in [3.63, 3.8) is 0 Å². The molecule has 0 rings (SSSR count). The highest BCUT2D eigenvalue weighted by Crippen LogP contribution is 2.20. The van der Waals surface area contributed by atoms with E-state index in [1.807, 2.05) is 0 Å². The molecular weight excluding hydrogens is 220 g/mol. The van der Waals surface area contributed by atoms with E-state index in [-0.39, 0.29) is 0 Å². The molecule has 0 saturated carbocycles. The molecular formula is C17H36O. The molecule has 0 aromatic carbocycles. The monoisotopic (exact) mass is 256 g/mol. The first-order valence-electron chi connectivity index (χ1n) is 8.17. The lowest BCUT2D eigenvalue weighted by Gasteiger charge is -2.14. The minimum absolute atomic E-state index is 0.479. The van der Waals surface area contributed by atoms with E-state index in [0.717, 1.165) is 19.3 Å². The van der Waals surface area contributed by atoms with E-state index >= 15 is 0 Å². The van der Waals surface area contributed by atoms with Gasteiger partial charge in [0.1, 0.15) is 5.78 Å². The fourth-order valence-corrected chi connectivity index (χ4v) is 2.14. The van der Waals surface area contributed by atoms with E-state index < -0.39 is 0 Å². The predicted octanol–water partition coefficient (Wildman–Crippen LogP) is 6.16. The van der Waals surface area contributed by atoms with Gasteiger partial charge in [0.15, 0.2) is 0 Å². The number of carbonyl (C=O) groups is 1. The third-order valence-electron chi connectivity index (χ3n) is 2.96. The second-order valence-electron chi connectivity index (χ2n) is 5.35. The number of Topliss-reactive ketones (excluding diaryl/α,β-unsaturated/α-hetero) is 1. The second-order valence-corrected chi connectivity index (χ2v) is 5.35. The second kappa shape index (κ2) is 16.7. The number of ketones is 1. The van der Waals surface area contributed by atoms with Crippen molar-refractivity contribution in [3.8, 4) is 0 Å². The third kappa shape index (κ3) is 15.7. The highest BCUT2D eigenvalue weighted by molar-refractivity contribution is 5.78. The number of rotatable bonds is 10. The van der Waals surface area contributed by atoms with Gasteiger partial charge in [-0.3, -0.25) is 4.79 Å². The van der Waals surface area contributed by atoms with Crippen molar-refractivity contribution in [2.45, 2.75) is 98.8 Å². The normalized spacial score (nSPS) is 11.6. The third-order valence-corrected chi connectivity index (χ3v) is 2.96. The van der Waals surface area contributed by atoms with Gasteiger partial charge in [0.05, 0.1) is 0 Å². The first kappa shape index (κ1) is 20.0. The Morgan fingerprint density at radius 2 is 1.44 bits per heavy atom. The van der Waals surface area contributed by atoms with Crippen LogP contribution in [0.25, 0.3) is 0 Å². The molecule has 0 aliphatic carbocycles. The molecule has 1 unspecified atom stereocenters. The topological polar surface area (TPSA) is 17.1 Å². The van der Waals surface area contributed by atoms with Crippen LogP contribution >= 0.6 is 0 Å². The molecule has 0 spiro atoms. The Morgan fingerprint density at radius 3 is 1.89 bits per heavy atom. The minimum Gasteiger partial charge on any atom is -0.300 e. The summed E-state index contributed by atoms with van der Waals surface area (Å²) in [5, 5.41) is 0. The summed E-state index contributed by atoms with van der Waals surface area (Å²) in [6.45, 7) is 10.8. The minimum atomic E-state index is 0.479. The van der Waals surface area contributed by atoms with Gasteiger partial charge in [-0.1, -0.05) is 79.6 Å². The van der Waals surface area contributed by atoms with Gasteiger partial charge in [-0.15, -0.1) is 0 Å². The van der Waals surface area contributed by atoms with Crippen LogP contribution in [0.3, 0.4) is 0 Å². The summed E-state index contributed by atoms with van der Waals surface area (Å²) >= 11 is 0. The van der Waals surface area contributed by atoms with Crippen molar-refractivity contribution in [3.05, 3.63) is 0 Å². The van der Waals surface area contributed by atoms with Crippen molar-refractivity contribution in [1.82, 2.24) is 0 Å². The lowest BCUT2D eigenvalue weighted by atomic mass is 9.90. The zero-order valence-corrected chi connectivity index (χ0v) is 13.6. The van der Waals surface area contributed by atoms with E-state index in [2.05, 4.69) is 34.6 Å². The van der Waals surface area contributed by atoms with Gasteiger partial charge in [0.2, 0.25) is 0 Å². The molecule has 0 bridgehead atoms. The van der Waals surface area contributed by atoms with Crippen LogP contribution in [-0.4, -0.2) is 5.78 Å². The van der Waals surface area contributed by atoms with Gasteiger partial charge in [0.25, 0.3) is 0 Å². The summed E-state index contributed by atoms with van der Waals surface area (Å²) < 4.78 is 0. The number of carbonyl (C=O) groups excluding carboxylic acids is 1. The molecule has 0 N–H and O–H groups in total. The first-order chi connectivity index (χ1) is 8.65. The number of hydrogen-bond donors (Lipinski definition) is 0. The molecule has 0 aliphatic heterocycles. The number of unbranched alkanes of at least 4 members (excludes halogenated alkanes) is 2. The van der Waals surface area contributed by atoms with Crippen LogP contribution in [0, 0.1) is 5.92 Å². The van der Waals surface area contributed by atoms with Crippen molar-refractivity contribution < 1.29 is 4.79 Å². The fourth-order valence-electron chi connectivity index (χ4n) is 2.14. The molecule has 0 fully saturated rings. The van der Waals surface area contributed by atoms with Crippen molar-refractivity contribution in [2.24, 2.45) is 5.92 Å². The molecule has 18 heavy (non-hydrogen) atoms. The van der Waals surface area contributed by atoms with Crippen LogP contribution in [0.4, 0.5) is 0 Å². The zero-order valence-electron chi connectivity index (χ0n) is 13.6. The molecule has 1 atom stereocenters. The van der Waals surface area contributed by atoms with Gasteiger partial charge in [0, 0.05) is 12.8 Å². The fraction of sp³-hybridized carbons (Fsp3) is 0.941. The Balaban J connectivity index is 0. The summed E-state index contributed by atoms with van der Waals surface area (Å²) in [6, 6.07) is 0. The van der Waals surface area contributed by atoms with E-state index in [0.29, 0.717) is 11.7 Å². The van der Waals surface area contributed by atoms with Crippen LogP contribution in [0.2, 0.25) is 0 Å². The smallest absolute Gasteiger partial charge is 0.133 e. The van der Waals surface area contributed by atoms with Gasteiger partial charge in [-0.25, -0.2) is 0 Å². The zero-order chi connectivity index (χ0) is 14.2. The highest BCUT2D eigenvalue weighted by atomic mass is 16.1. The summed E-state index contributed by atoms with van der Waals surface area (Å²) in [4.78, 5) is 11.6. The summed E-state index contributed by atoms with van der Waals surface area (Å²) in [6.07, 6.45) is 11.5. The Morgan fingerprint density at radius 1 is 0.833 bits per heavy atom. The Labute approximate surface area is 116 Å². The quantitative estimate of drug-likeness (QED) is 0.428. The standard InChI is InChI=1S/C14H28O.C3H8/c1-4-7-8-11-13(9-5-2)12-14(15)10-6-3;1-3-2/h13H,4-12H2,1-3H3;3H2,1-2H3. The van der Waals surface area contributed by atoms with Crippen LogP contribution in [0.1, 0.15) is 98.8 Å². The molecule has 1 nitrogen and oxygen atoms in total. The molecule has 110 valence electrons. The largest absolute Gasteiger partial charge is 0.300 e. The summed E-state index contributed by atoms with van der Waals surface area (Å²) in [5.41, 5.74) is 0. The van der Waals surface area contributed by atoms with Crippen molar-refractivity contribution in [1.29, 1.82) is 0 Å². The highest BCUT2D eigenvalue weighted by Gasteiger charge is 2.11. The average molecular weight is 256 g/mol. The lowest BCUT2D eigenvalue weighted by Crippen LogP contribution is -2.08. The van der Waals surface area contributed by atoms with Crippen LogP contribution in [-0.2, 0) is 4.79 Å². The van der Waals surface area contributed by atoms with Gasteiger partial charge < -0.3 is 0 Å². The van der Waals surface area contributed by atoms with Crippen LogP contribution < -0.4 is 0 Å². The molecule has 0 aliphatic rings. The van der Waals surface area contributed by atoms with Gasteiger partial charge >= 0.3 is 0 Å². The molecule has 0 radical (unpaired) electrons. The average Bonchev–Trinajstić information content (AvgIpc) is 2.31. The Hall–Kier alpha value is -0.330. The van der Waals surface area contributed by atoms with Crippen molar-refractivity contribution in [2.75, 3.05) is 0 Å². The van der Waals surface area contributed by atoms with Gasteiger partial charge in [-0.2, -0.15) is 0 Å². The molecule has 0 aromatic rings. The molecule has 0 saturated heterocycles. The van der Waals surface area contributed by atoms with E-state index in [9.17, 15) is 4.79 Å². The maximum absolute atomic E-state index is 11.6. The molecule has 0 aromatic heterocycles. The summed E-state index contributed by atoms with van der Waals surface area (Å²) in [5.74, 6) is 1.15. The number of hydrogen-bond acceptors (Lipinski definition) is 1. The molecule has 1 heteroatoms. The van der Waals surface area contributed by atoms with Crippen molar-refractivity contribution >= 4 is 5.78 Å². The van der Waals surface area contributed by atoms with Gasteiger partial charge in [-0.05, 0) is 12.3 Å². The van der Waals surface area contributed by atoms with E-state index in [1.54, 1.807) is 0 Å². The van der Waals surface area contributed by atoms with E-state index in [1.165, 1.54) is 44.9 Å². The Bertz CT molecular complexity index is 163. The maximum atomic E-state index is 11.6. The molecule has 0 heterocycles. The van der Waals surface area contributed by atoms with Crippen LogP contribution in [0.5, 0.6) is 0 Å². The predicted molar refractivity (Wildman–Crippen MR) is 83.0 cm³/mol.